The van der Waals surface area contributed by atoms with Crippen LogP contribution in [0.2, 0.25) is 0 Å². The monoisotopic (exact) mass is 216 g/mol. The summed E-state index contributed by atoms with van der Waals surface area (Å²) in [5, 5.41) is 10.5. The molecule has 0 aromatic carbocycles. The summed E-state index contributed by atoms with van der Waals surface area (Å²) in [6, 6.07) is 0. The smallest absolute Gasteiger partial charge is 0.421 e. The van der Waals surface area contributed by atoms with Crippen LogP contribution >= 0.6 is 0 Å². The summed E-state index contributed by atoms with van der Waals surface area (Å²) in [5.41, 5.74) is 2.56. The summed E-state index contributed by atoms with van der Waals surface area (Å²) in [4.78, 5) is 21.7. The Kier molecular flexibility index (Phi) is 4.36. The molecule has 0 spiro atoms. The van der Waals surface area contributed by atoms with E-state index in [4.69, 9.17) is 9.84 Å². The van der Waals surface area contributed by atoms with Crippen LogP contribution in [0.3, 0.4) is 0 Å². The van der Waals surface area contributed by atoms with E-state index in [9.17, 15) is 9.59 Å². The van der Waals surface area contributed by atoms with Gasteiger partial charge in [-0.05, 0) is 19.8 Å². The third kappa shape index (κ3) is 3.75. The lowest BCUT2D eigenvalue weighted by atomic mass is 9.98. The minimum Gasteiger partial charge on any atom is -0.481 e. The van der Waals surface area contributed by atoms with E-state index in [1.807, 2.05) is 0 Å². The van der Waals surface area contributed by atoms with Crippen molar-refractivity contribution in [3.05, 3.63) is 0 Å². The number of amides is 1. The number of hydrazine groups is 1. The summed E-state index contributed by atoms with van der Waals surface area (Å²) >= 11 is 0. The van der Waals surface area contributed by atoms with Gasteiger partial charge in [0.25, 0.3) is 0 Å². The standard InChI is InChI=1S/C9H16N2O4/c1-2-15-9(14)10-11-5-3-7(4-6-11)8(12)13/h7H,2-6H2,1H3,(H,10,14)(H,12,13). The number of carbonyl (C=O) groups is 2. The van der Waals surface area contributed by atoms with Crippen LogP contribution in [0.1, 0.15) is 19.8 Å². The molecule has 2 N–H and O–H groups in total. The maximum Gasteiger partial charge on any atom is 0.421 e. The predicted molar refractivity (Wildman–Crippen MR) is 52.1 cm³/mol. The number of ether oxygens (including phenoxy) is 1. The number of nitrogens with zero attached hydrogens (tertiary/aromatic N) is 1. The van der Waals surface area contributed by atoms with Crippen LogP contribution in [-0.4, -0.2) is 41.9 Å². The van der Waals surface area contributed by atoms with Gasteiger partial charge in [0.1, 0.15) is 0 Å². The van der Waals surface area contributed by atoms with Crippen molar-refractivity contribution in [1.29, 1.82) is 0 Å². The first-order valence-corrected chi connectivity index (χ1v) is 5.04. The lowest BCUT2D eigenvalue weighted by molar-refractivity contribution is -0.143. The topological polar surface area (TPSA) is 78.9 Å². The van der Waals surface area contributed by atoms with Crippen LogP contribution in [0.15, 0.2) is 0 Å². The quantitative estimate of drug-likeness (QED) is 0.715. The summed E-state index contributed by atoms with van der Waals surface area (Å²) < 4.78 is 4.71. The van der Waals surface area contributed by atoms with Crippen molar-refractivity contribution in [2.45, 2.75) is 19.8 Å². The van der Waals surface area contributed by atoms with Gasteiger partial charge in [0, 0.05) is 13.1 Å². The highest BCUT2D eigenvalue weighted by atomic mass is 16.6. The van der Waals surface area contributed by atoms with Crippen LogP contribution in [0.5, 0.6) is 0 Å². The molecule has 1 aliphatic rings. The minimum atomic E-state index is -0.759. The van der Waals surface area contributed by atoms with Gasteiger partial charge in [0.15, 0.2) is 0 Å². The molecule has 0 saturated carbocycles. The van der Waals surface area contributed by atoms with E-state index in [-0.39, 0.29) is 5.92 Å². The van der Waals surface area contributed by atoms with Crippen molar-refractivity contribution in [2.24, 2.45) is 5.92 Å². The van der Waals surface area contributed by atoms with Crippen LogP contribution in [0, 0.1) is 5.92 Å². The van der Waals surface area contributed by atoms with Gasteiger partial charge in [0.2, 0.25) is 0 Å². The molecule has 1 heterocycles. The average molecular weight is 216 g/mol. The van der Waals surface area contributed by atoms with Crippen molar-refractivity contribution in [3.8, 4) is 0 Å². The molecule has 1 rings (SSSR count). The zero-order chi connectivity index (χ0) is 11.3. The Morgan fingerprint density at radius 1 is 1.47 bits per heavy atom. The van der Waals surface area contributed by atoms with E-state index in [0.29, 0.717) is 32.5 Å². The Balaban J connectivity index is 2.25. The van der Waals surface area contributed by atoms with Gasteiger partial charge in [-0.15, -0.1) is 0 Å². The highest BCUT2D eigenvalue weighted by Gasteiger charge is 2.25. The number of carbonyl (C=O) groups excluding carboxylic acids is 1. The summed E-state index contributed by atoms with van der Waals surface area (Å²) in [5.74, 6) is -1.05. The van der Waals surface area contributed by atoms with Crippen LogP contribution < -0.4 is 5.43 Å². The predicted octanol–water partition coefficient (Wildman–Crippen LogP) is 0.444. The highest BCUT2D eigenvalue weighted by molar-refractivity contribution is 5.70. The Labute approximate surface area is 88.2 Å². The first-order chi connectivity index (χ1) is 7.13. The van der Waals surface area contributed by atoms with Gasteiger partial charge in [-0.25, -0.2) is 9.80 Å². The van der Waals surface area contributed by atoms with Gasteiger partial charge >= 0.3 is 12.1 Å². The van der Waals surface area contributed by atoms with Gasteiger partial charge in [-0.2, -0.15) is 0 Å². The molecule has 0 aromatic heterocycles. The molecule has 86 valence electrons. The zero-order valence-electron chi connectivity index (χ0n) is 8.73. The SMILES string of the molecule is CCOC(=O)NN1CCC(C(=O)O)CC1. The zero-order valence-corrected chi connectivity index (χ0v) is 8.73. The first kappa shape index (κ1) is 11.8. The molecule has 1 fully saturated rings. The molecule has 0 aliphatic carbocycles. The van der Waals surface area contributed by atoms with Crippen LogP contribution in [-0.2, 0) is 9.53 Å². The van der Waals surface area contributed by atoms with E-state index in [2.05, 4.69) is 5.43 Å². The number of rotatable bonds is 3. The largest absolute Gasteiger partial charge is 0.481 e. The van der Waals surface area contributed by atoms with Crippen LogP contribution in [0.4, 0.5) is 4.79 Å². The number of hydrogen-bond acceptors (Lipinski definition) is 4. The molecule has 0 bridgehead atoms. The van der Waals surface area contributed by atoms with Crippen molar-refractivity contribution in [1.82, 2.24) is 10.4 Å². The average Bonchev–Trinajstić information content (AvgIpc) is 2.18. The van der Waals surface area contributed by atoms with Crippen molar-refractivity contribution >= 4 is 12.1 Å². The highest BCUT2D eigenvalue weighted by Crippen LogP contribution is 2.15. The second kappa shape index (κ2) is 5.55. The molecule has 0 aromatic rings. The molecule has 1 amide bonds. The van der Waals surface area contributed by atoms with Gasteiger partial charge < -0.3 is 9.84 Å². The molecule has 1 saturated heterocycles. The fourth-order valence-electron chi connectivity index (χ4n) is 1.53. The Bertz CT molecular complexity index is 236. The molecule has 6 nitrogen and oxygen atoms in total. The molecular formula is C9H16N2O4. The fourth-order valence-corrected chi connectivity index (χ4v) is 1.53. The molecule has 6 heteroatoms. The molecular weight excluding hydrogens is 200 g/mol. The molecule has 0 radical (unpaired) electrons. The Hall–Kier alpha value is -1.30. The number of carboxylic acid groups (broad SMARTS) is 1. The third-order valence-electron chi connectivity index (χ3n) is 2.37. The van der Waals surface area contributed by atoms with Crippen molar-refractivity contribution < 1.29 is 19.4 Å². The normalized spacial score (nSPS) is 18.5. The molecule has 1 aliphatic heterocycles. The summed E-state index contributed by atoms with van der Waals surface area (Å²) in [7, 11) is 0. The van der Waals surface area contributed by atoms with Crippen molar-refractivity contribution in [2.75, 3.05) is 19.7 Å². The lowest BCUT2D eigenvalue weighted by Crippen LogP contribution is -2.47. The van der Waals surface area contributed by atoms with E-state index in [1.54, 1.807) is 11.9 Å². The van der Waals surface area contributed by atoms with E-state index in [0.717, 1.165) is 0 Å². The third-order valence-corrected chi connectivity index (χ3v) is 2.37. The minimum absolute atomic E-state index is 0.287. The summed E-state index contributed by atoms with van der Waals surface area (Å²) in [6.07, 6.45) is 0.634. The second-order valence-corrected chi connectivity index (χ2v) is 3.43. The fraction of sp³-hybridized carbons (Fsp3) is 0.778. The van der Waals surface area contributed by atoms with Gasteiger partial charge in [-0.1, -0.05) is 0 Å². The van der Waals surface area contributed by atoms with Crippen LogP contribution in [0.25, 0.3) is 0 Å². The van der Waals surface area contributed by atoms with E-state index < -0.39 is 12.1 Å². The molecule has 15 heavy (non-hydrogen) atoms. The summed E-state index contributed by atoms with van der Waals surface area (Å²) in [6.45, 7) is 3.17. The Morgan fingerprint density at radius 3 is 2.53 bits per heavy atom. The van der Waals surface area contributed by atoms with Gasteiger partial charge in [0.05, 0.1) is 12.5 Å². The van der Waals surface area contributed by atoms with Gasteiger partial charge in [-0.3, -0.25) is 10.2 Å². The first-order valence-electron chi connectivity index (χ1n) is 5.04. The van der Waals surface area contributed by atoms with E-state index >= 15 is 0 Å². The lowest BCUT2D eigenvalue weighted by Gasteiger charge is -2.29. The van der Waals surface area contributed by atoms with Crippen molar-refractivity contribution in [3.63, 3.8) is 0 Å². The maximum absolute atomic E-state index is 11.0. The number of nitrogens with one attached hydrogen (secondary N) is 1. The number of aliphatic carboxylic acids is 1. The molecule has 0 unspecified atom stereocenters. The maximum atomic E-state index is 11.0. The molecule has 0 atom stereocenters. The Morgan fingerprint density at radius 2 is 2.07 bits per heavy atom. The van der Waals surface area contributed by atoms with E-state index in [1.165, 1.54) is 0 Å². The number of hydrogen-bond donors (Lipinski definition) is 2. The second-order valence-electron chi connectivity index (χ2n) is 3.43. The number of piperidine rings is 1. The number of carboxylic acids is 1.